The molecule has 2 aromatic carbocycles. The van der Waals surface area contributed by atoms with Crippen molar-refractivity contribution in [1.82, 2.24) is 10.2 Å². The van der Waals surface area contributed by atoms with Gasteiger partial charge in [-0.2, -0.15) is 5.10 Å². The number of aromatic nitrogens is 2. The second-order valence-electron chi connectivity index (χ2n) is 6.53. The van der Waals surface area contributed by atoms with E-state index in [1.807, 2.05) is 61.5 Å². The zero-order valence-corrected chi connectivity index (χ0v) is 15.6. The van der Waals surface area contributed by atoms with Gasteiger partial charge in [-0.05, 0) is 31.5 Å². The van der Waals surface area contributed by atoms with Gasteiger partial charge < -0.3 is 4.74 Å². The Hall–Kier alpha value is -3.61. The number of aromatic amines is 2. The summed E-state index contributed by atoms with van der Waals surface area (Å²) in [7, 11) is 0. The summed E-state index contributed by atoms with van der Waals surface area (Å²) < 4.78 is 5.16. The van der Waals surface area contributed by atoms with Crippen molar-refractivity contribution in [3.63, 3.8) is 0 Å². The molecule has 0 amide bonds. The summed E-state index contributed by atoms with van der Waals surface area (Å²) in [6, 6.07) is 16.9. The van der Waals surface area contributed by atoms with Crippen molar-refractivity contribution >= 4 is 17.4 Å². The number of benzene rings is 2. The maximum atomic E-state index is 12.7. The fourth-order valence-corrected chi connectivity index (χ4v) is 3.34. The fraction of sp³-hybridized carbons (Fsp3) is 0.190. The minimum absolute atomic E-state index is 0.0722. The molecule has 1 unspecified atom stereocenters. The Balaban J connectivity index is 1.95. The summed E-state index contributed by atoms with van der Waals surface area (Å²) in [5, 5.41) is 11.7. The van der Waals surface area contributed by atoms with Crippen LogP contribution in [0.1, 0.15) is 35.3 Å². The highest BCUT2D eigenvalue weighted by atomic mass is 16.5. The van der Waals surface area contributed by atoms with Crippen LogP contribution in [-0.4, -0.2) is 28.5 Å². The molecule has 0 fully saturated rings. The lowest BCUT2D eigenvalue weighted by Crippen LogP contribution is -2.37. The van der Waals surface area contributed by atoms with E-state index in [4.69, 9.17) is 4.74 Å². The number of ether oxygens (including phenoxy) is 1. The number of carbonyl (C=O) groups excluding carboxylic acids is 1. The molecule has 0 aliphatic carbocycles. The van der Waals surface area contributed by atoms with Crippen LogP contribution in [0.25, 0.3) is 0 Å². The van der Waals surface area contributed by atoms with Crippen LogP contribution in [0.4, 0.5) is 5.69 Å². The predicted molar refractivity (Wildman–Crippen MR) is 107 cm³/mol. The first-order valence-corrected chi connectivity index (χ1v) is 9.07. The first kappa shape index (κ1) is 17.8. The van der Waals surface area contributed by atoms with Crippen LogP contribution in [0.15, 0.2) is 64.5 Å². The van der Waals surface area contributed by atoms with Gasteiger partial charge in [0.15, 0.2) is 5.71 Å². The summed E-state index contributed by atoms with van der Waals surface area (Å²) in [5.41, 5.74) is 3.34. The van der Waals surface area contributed by atoms with Gasteiger partial charge in [-0.1, -0.05) is 48.0 Å². The summed E-state index contributed by atoms with van der Waals surface area (Å²) in [6.45, 7) is 3.94. The van der Waals surface area contributed by atoms with Gasteiger partial charge in [0.2, 0.25) is 0 Å². The minimum Gasteiger partial charge on any atom is -0.461 e. The second kappa shape index (κ2) is 7.19. The number of hydrazone groups is 1. The number of carbonyl (C=O) groups is 1. The van der Waals surface area contributed by atoms with Crippen LogP contribution < -0.4 is 10.6 Å². The normalized spacial score (nSPS) is 15.7. The van der Waals surface area contributed by atoms with Crippen LogP contribution in [0.2, 0.25) is 0 Å². The molecule has 0 radical (unpaired) electrons. The third kappa shape index (κ3) is 3.00. The summed E-state index contributed by atoms with van der Waals surface area (Å²) in [6.07, 6.45) is 0. The second-order valence-corrected chi connectivity index (χ2v) is 6.53. The molecule has 4 rings (SSSR count). The van der Waals surface area contributed by atoms with Crippen LogP contribution in [0.3, 0.4) is 0 Å². The number of hydrogen-bond donors (Lipinski definition) is 2. The molecule has 1 aliphatic heterocycles. The first-order valence-electron chi connectivity index (χ1n) is 9.07. The Morgan fingerprint density at radius 3 is 2.50 bits per heavy atom. The average molecular weight is 376 g/mol. The molecule has 7 nitrogen and oxygen atoms in total. The van der Waals surface area contributed by atoms with Crippen LogP contribution in [0.5, 0.6) is 0 Å². The van der Waals surface area contributed by atoms with E-state index in [1.165, 1.54) is 0 Å². The third-order valence-electron chi connectivity index (χ3n) is 4.66. The molecule has 0 bridgehead atoms. The quantitative estimate of drug-likeness (QED) is 0.685. The van der Waals surface area contributed by atoms with E-state index in [0.29, 0.717) is 11.3 Å². The lowest BCUT2D eigenvalue weighted by atomic mass is 9.94. The van der Waals surface area contributed by atoms with Crippen LogP contribution >= 0.6 is 0 Å². The Morgan fingerprint density at radius 2 is 1.82 bits per heavy atom. The number of hydrogen-bond acceptors (Lipinski definition) is 5. The zero-order valence-electron chi connectivity index (χ0n) is 15.6. The number of fused-ring (bicyclic) bond motifs is 1. The maximum Gasteiger partial charge on any atom is 0.361 e. The standard InChI is InChI=1S/C21H20N4O3/c1-3-28-21(27)18-17-16(20(26)23-22-17)19(14-7-5-4-6-8-14)25(24-18)15-11-9-13(2)10-12-15/h4-12,19H,3H2,1-2H3,(H2,22,23,26). The van der Waals surface area contributed by atoms with Crippen molar-refractivity contribution in [1.29, 1.82) is 0 Å². The predicted octanol–water partition coefficient (Wildman–Crippen LogP) is 2.89. The summed E-state index contributed by atoms with van der Waals surface area (Å²) in [5.74, 6) is -0.581. The van der Waals surface area contributed by atoms with Gasteiger partial charge in [0.1, 0.15) is 11.7 Å². The third-order valence-corrected chi connectivity index (χ3v) is 4.66. The first-order chi connectivity index (χ1) is 13.6. The van der Waals surface area contributed by atoms with Gasteiger partial charge >= 0.3 is 5.97 Å². The molecule has 1 atom stereocenters. The van der Waals surface area contributed by atoms with Crippen molar-refractivity contribution in [3.8, 4) is 0 Å². The molecule has 1 aromatic heterocycles. The molecule has 142 valence electrons. The smallest absolute Gasteiger partial charge is 0.361 e. The maximum absolute atomic E-state index is 12.7. The van der Waals surface area contributed by atoms with Crippen molar-refractivity contribution < 1.29 is 9.53 Å². The molecule has 2 heterocycles. The Kier molecular flexibility index (Phi) is 4.57. The molecule has 7 heteroatoms. The number of H-pyrrole nitrogens is 2. The van der Waals surface area contributed by atoms with Gasteiger partial charge in [0, 0.05) is 0 Å². The molecular formula is C21H20N4O3. The highest BCUT2D eigenvalue weighted by molar-refractivity contribution is 6.43. The van der Waals surface area contributed by atoms with E-state index in [-0.39, 0.29) is 17.9 Å². The largest absolute Gasteiger partial charge is 0.461 e. The van der Waals surface area contributed by atoms with Gasteiger partial charge in [-0.25, -0.2) is 4.79 Å². The van der Waals surface area contributed by atoms with E-state index >= 15 is 0 Å². The summed E-state index contributed by atoms with van der Waals surface area (Å²) >= 11 is 0. The number of aryl methyl sites for hydroxylation is 1. The molecule has 3 aromatic rings. The van der Waals surface area contributed by atoms with Gasteiger partial charge in [-0.15, -0.1) is 0 Å². The van der Waals surface area contributed by atoms with Gasteiger partial charge in [-0.3, -0.25) is 20.0 Å². The number of nitrogens with one attached hydrogen (secondary N) is 2. The monoisotopic (exact) mass is 376 g/mol. The van der Waals surface area contributed by atoms with Crippen LogP contribution in [-0.2, 0) is 9.53 Å². The van der Waals surface area contributed by atoms with Crippen LogP contribution in [0, 0.1) is 6.92 Å². The molecule has 0 spiro atoms. The van der Waals surface area contributed by atoms with E-state index in [1.54, 1.807) is 11.9 Å². The van der Waals surface area contributed by atoms with Crippen molar-refractivity contribution in [2.45, 2.75) is 19.9 Å². The molecule has 1 aliphatic rings. The summed E-state index contributed by atoms with van der Waals surface area (Å²) in [4.78, 5) is 25.2. The van der Waals surface area contributed by atoms with Gasteiger partial charge in [0.05, 0.1) is 17.9 Å². The van der Waals surface area contributed by atoms with E-state index in [9.17, 15) is 9.59 Å². The number of nitrogens with zero attached hydrogens (tertiary/aromatic N) is 2. The molecule has 0 saturated carbocycles. The molecule has 28 heavy (non-hydrogen) atoms. The average Bonchev–Trinajstić information content (AvgIpc) is 3.10. The van der Waals surface area contributed by atoms with Gasteiger partial charge in [0.25, 0.3) is 5.56 Å². The van der Waals surface area contributed by atoms with Crippen molar-refractivity contribution in [2.75, 3.05) is 11.6 Å². The van der Waals surface area contributed by atoms with E-state index in [2.05, 4.69) is 15.3 Å². The fourth-order valence-electron chi connectivity index (χ4n) is 3.34. The highest BCUT2D eigenvalue weighted by Gasteiger charge is 2.37. The van der Waals surface area contributed by atoms with Crippen molar-refractivity contribution in [3.05, 3.63) is 87.3 Å². The number of rotatable bonds is 4. The Labute approximate surface area is 161 Å². The topological polar surface area (TPSA) is 90.5 Å². The SMILES string of the molecule is CCOC(=O)C1=NN(c2ccc(C)cc2)C(c2ccccc2)c2c1[nH][nH]c2=O. The number of anilines is 1. The Bertz CT molecular complexity index is 1080. The van der Waals surface area contributed by atoms with Crippen molar-refractivity contribution in [2.24, 2.45) is 5.10 Å². The number of esters is 1. The van der Waals surface area contributed by atoms with E-state index in [0.717, 1.165) is 16.8 Å². The van der Waals surface area contributed by atoms with E-state index < -0.39 is 12.0 Å². The lowest BCUT2D eigenvalue weighted by molar-refractivity contribution is -0.135. The highest BCUT2D eigenvalue weighted by Crippen LogP contribution is 2.36. The zero-order chi connectivity index (χ0) is 19.7. The lowest BCUT2D eigenvalue weighted by Gasteiger charge is -2.33. The minimum atomic E-state index is -0.581. The molecule has 0 saturated heterocycles. The Morgan fingerprint density at radius 1 is 1.11 bits per heavy atom. The molecular weight excluding hydrogens is 356 g/mol. The molecule has 2 N–H and O–H groups in total.